The van der Waals surface area contributed by atoms with E-state index in [0.29, 0.717) is 11.5 Å². The second-order valence-corrected chi connectivity index (χ2v) is 11.1. The van der Waals surface area contributed by atoms with E-state index in [-0.39, 0.29) is 33.9 Å². The van der Waals surface area contributed by atoms with E-state index in [2.05, 4.69) is 22.1 Å². The highest BCUT2D eigenvalue weighted by Gasteiger charge is 2.50. The first-order chi connectivity index (χ1) is 18.8. The highest BCUT2D eigenvalue weighted by atomic mass is 32.2. The fraction of sp³-hybridized carbons (Fsp3) is 0.444. The molecule has 1 aromatic heterocycles. The van der Waals surface area contributed by atoms with Crippen molar-refractivity contribution in [2.45, 2.75) is 49.8 Å². The first-order valence-electron chi connectivity index (χ1n) is 12.4. The highest BCUT2D eigenvalue weighted by molar-refractivity contribution is 8.14. The van der Waals surface area contributed by atoms with Gasteiger partial charge in [0, 0.05) is 23.5 Å². The molecule has 1 aliphatic heterocycles. The molecule has 40 heavy (non-hydrogen) atoms. The predicted octanol–water partition coefficient (Wildman–Crippen LogP) is 3.99. The Balaban J connectivity index is 1.64. The third-order valence-corrected chi connectivity index (χ3v) is 7.21. The Morgan fingerprint density at radius 3 is 2.65 bits per heavy atom. The van der Waals surface area contributed by atoms with Gasteiger partial charge in [-0.2, -0.15) is 0 Å². The van der Waals surface area contributed by atoms with E-state index in [1.54, 1.807) is 0 Å². The van der Waals surface area contributed by atoms with Crippen LogP contribution in [0.25, 0.3) is 11.1 Å². The minimum absolute atomic E-state index is 0.00791. The van der Waals surface area contributed by atoms with Crippen LogP contribution in [0.15, 0.2) is 30.5 Å². The van der Waals surface area contributed by atoms with Crippen molar-refractivity contribution in [3.63, 3.8) is 0 Å². The van der Waals surface area contributed by atoms with Crippen LogP contribution < -0.4 is 15.8 Å². The molecule has 214 valence electrons. The number of rotatable bonds is 9. The average molecular weight is 580 g/mol. The van der Waals surface area contributed by atoms with Crippen molar-refractivity contribution in [2.75, 3.05) is 20.2 Å². The van der Waals surface area contributed by atoms with Crippen molar-refractivity contribution in [2.24, 2.45) is 11.7 Å². The van der Waals surface area contributed by atoms with Crippen LogP contribution in [0, 0.1) is 23.2 Å². The summed E-state index contributed by atoms with van der Waals surface area (Å²) in [6.45, 7) is 0.208. The van der Waals surface area contributed by atoms with Gasteiger partial charge in [0.05, 0.1) is 26.4 Å². The number of hydrogen-bond donors (Lipinski definition) is 4. The normalized spacial score (nSPS) is 18.6. The molecule has 13 heteroatoms. The van der Waals surface area contributed by atoms with Crippen molar-refractivity contribution < 1.29 is 32.2 Å². The second-order valence-electron chi connectivity index (χ2n) is 9.98. The first-order valence-corrected chi connectivity index (χ1v) is 13.3. The lowest BCUT2D eigenvalue weighted by molar-refractivity contribution is -0.224. The molecule has 2 aromatic rings. The summed E-state index contributed by atoms with van der Waals surface area (Å²) in [5.41, 5.74) is 3.66. The Bertz CT molecular complexity index is 1350. The highest BCUT2D eigenvalue weighted by Crippen LogP contribution is 2.37. The number of aromatic nitrogens is 1. The number of benzene rings is 1. The third-order valence-electron chi connectivity index (χ3n) is 6.50. The molecular formula is C27H29F4N5O3S. The van der Waals surface area contributed by atoms with E-state index in [9.17, 15) is 27.5 Å². The number of carbonyl (C=O) groups is 1. The van der Waals surface area contributed by atoms with Gasteiger partial charge >= 0.3 is 0 Å². The summed E-state index contributed by atoms with van der Waals surface area (Å²) in [6, 6.07) is 5.58. The number of amides is 1. The molecule has 1 saturated heterocycles. The molecule has 0 radical (unpaired) electrons. The molecule has 2 heterocycles. The van der Waals surface area contributed by atoms with Crippen LogP contribution in [0.5, 0.6) is 5.75 Å². The van der Waals surface area contributed by atoms with Crippen LogP contribution in [0.1, 0.15) is 47.8 Å². The number of hydrogen-bond acceptors (Lipinski definition) is 8. The Morgan fingerprint density at radius 2 is 2.05 bits per heavy atom. The predicted molar refractivity (Wildman–Crippen MR) is 143 cm³/mol. The molecule has 1 aliphatic carbocycles. The Morgan fingerprint density at radius 1 is 1.35 bits per heavy atom. The van der Waals surface area contributed by atoms with E-state index < -0.39 is 48.3 Å². The molecule has 1 amide bonds. The van der Waals surface area contributed by atoms with Gasteiger partial charge in [-0.1, -0.05) is 29.8 Å². The summed E-state index contributed by atoms with van der Waals surface area (Å²) in [5.74, 6) is 2.51. The zero-order valence-corrected chi connectivity index (χ0v) is 22.6. The van der Waals surface area contributed by atoms with E-state index in [1.165, 1.54) is 37.1 Å². The minimum Gasteiger partial charge on any atom is -0.494 e. The molecule has 4 rings (SSSR count). The van der Waals surface area contributed by atoms with Crippen molar-refractivity contribution in [1.82, 2.24) is 15.2 Å². The summed E-state index contributed by atoms with van der Waals surface area (Å²) in [4.78, 5) is 18.2. The van der Waals surface area contributed by atoms with Crippen LogP contribution in [0.3, 0.4) is 0 Å². The topological polar surface area (TPSA) is 125 Å². The van der Waals surface area contributed by atoms with Gasteiger partial charge in [-0.15, -0.1) is 0 Å². The van der Waals surface area contributed by atoms with Crippen molar-refractivity contribution in [3.8, 4) is 28.7 Å². The molecular weight excluding hydrogens is 550 g/mol. The van der Waals surface area contributed by atoms with Crippen molar-refractivity contribution in [3.05, 3.63) is 47.3 Å². The van der Waals surface area contributed by atoms with Gasteiger partial charge < -0.3 is 20.9 Å². The molecule has 8 nitrogen and oxygen atoms in total. The second kappa shape index (κ2) is 11.7. The van der Waals surface area contributed by atoms with Crippen molar-refractivity contribution >= 4 is 22.7 Å². The van der Waals surface area contributed by atoms with Gasteiger partial charge in [0.1, 0.15) is 27.7 Å². The summed E-state index contributed by atoms with van der Waals surface area (Å²) >= 11 is 0.853. The Labute approximate surface area is 233 Å². The molecule has 0 spiro atoms. The smallest absolute Gasteiger partial charge is 0.280 e. The van der Waals surface area contributed by atoms with Gasteiger partial charge in [0.2, 0.25) is 0 Å². The Hall–Kier alpha value is -3.18. The standard InChI is InChI=1S/C27H29F4N5O3S/c1-26(38,36-13-27(30,31)14-36)11-16-5-7-17(24(37)35-25(33)40-22(32)8-6-15-3-4-15)18(9-16)19-10-20(23(28)29)34-12-21(19)39-2/h5,7,9-10,12,15,23,25,32,38H,3-4,11,13-14,33H2,1-2H3,(H,35,37). The molecule has 1 saturated carbocycles. The molecule has 5 N–H and O–H groups in total. The maximum absolute atomic E-state index is 13.5. The van der Waals surface area contributed by atoms with Gasteiger partial charge in [-0.05, 0) is 48.9 Å². The lowest BCUT2D eigenvalue weighted by atomic mass is 9.92. The lowest BCUT2D eigenvalue weighted by Gasteiger charge is -2.47. The maximum Gasteiger partial charge on any atom is 0.280 e. The third kappa shape index (κ3) is 7.31. The minimum atomic E-state index is -2.90. The van der Waals surface area contributed by atoms with Gasteiger partial charge in [-0.25, -0.2) is 17.6 Å². The van der Waals surface area contributed by atoms with Crippen LogP contribution in [0.2, 0.25) is 0 Å². The lowest BCUT2D eigenvalue weighted by Crippen LogP contribution is -2.65. The Kier molecular flexibility index (Phi) is 8.75. The first kappa shape index (κ1) is 29.8. The summed E-state index contributed by atoms with van der Waals surface area (Å²) in [7, 11) is 1.32. The average Bonchev–Trinajstić information content (AvgIpc) is 3.69. The number of likely N-dealkylation sites (tertiary alicyclic amines) is 1. The van der Waals surface area contributed by atoms with Gasteiger partial charge in [0.15, 0.2) is 0 Å². The number of methoxy groups -OCH3 is 1. The van der Waals surface area contributed by atoms with E-state index >= 15 is 0 Å². The molecule has 1 aromatic carbocycles. The van der Waals surface area contributed by atoms with Crippen LogP contribution in [0.4, 0.5) is 17.6 Å². The SMILES string of the molecule is COc1cnc(C(F)F)cc1-c1cc(CC(C)(O)N2CC(F)(F)C2)ccc1C(=O)NC(N)SC(=N)C#CC1CC1. The summed E-state index contributed by atoms with van der Waals surface area (Å²) in [6.07, 6.45) is 0.132. The number of carbonyl (C=O) groups excluding carboxylic acids is 1. The van der Waals surface area contributed by atoms with E-state index in [4.69, 9.17) is 15.9 Å². The van der Waals surface area contributed by atoms with Gasteiger partial charge in [0.25, 0.3) is 18.3 Å². The van der Waals surface area contributed by atoms with Crippen molar-refractivity contribution in [1.29, 1.82) is 5.41 Å². The number of nitrogens with one attached hydrogen (secondary N) is 2. The summed E-state index contributed by atoms with van der Waals surface area (Å²) in [5, 5.41) is 21.4. The van der Waals surface area contributed by atoms with Crippen LogP contribution in [-0.4, -0.2) is 63.3 Å². The molecule has 2 fully saturated rings. The van der Waals surface area contributed by atoms with Crippen LogP contribution >= 0.6 is 11.8 Å². The van der Waals surface area contributed by atoms with Gasteiger partial charge in [-0.3, -0.25) is 20.1 Å². The zero-order chi connectivity index (χ0) is 29.2. The number of nitrogens with two attached hydrogens (primary N) is 1. The molecule has 2 aliphatic rings. The number of ether oxygens (including phenoxy) is 1. The number of aliphatic hydroxyl groups is 1. The van der Waals surface area contributed by atoms with Crippen LogP contribution in [-0.2, 0) is 6.42 Å². The number of halogens is 4. The zero-order valence-electron chi connectivity index (χ0n) is 21.8. The van der Waals surface area contributed by atoms with E-state index in [1.807, 2.05) is 0 Å². The maximum atomic E-state index is 13.5. The molecule has 2 unspecified atom stereocenters. The largest absolute Gasteiger partial charge is 0.494 e. The fourth-order valence-corrected chi connectivity index (χ4v) is 4.75. The van der Waals surface area contributed by atoms with E-state index in [0.717, 1.165) is 36.9 Å². The molecule has 2 atom stereocenters. The summed E-state index contributed by atoms with van der Waals surface area (Å²) < 4.78 is 59.2. The number of thioether (sulfide) groups is 1. The number of nitrogens with zero attached hydrogens (tertiary/aromatic N) is 2. The monoisotopic (exact) mass is 579 g/mol. The fourth-order valence-electron chi connectivity index (χ4n) is 4.21. The number of alkyl halides is 4. The molecule has 0 bridgehead atoms. The number of pyridine rings is 1. The quantitative estimate of drug-likeness (QED) is 0.116.